The van der Waals surface area contributed by atoms with Crippen molar-refractivity contribution < 1.29 is 9.53 Å². The number of carbonyl (C=O) groups is 1. The third kappa shape index (κ3) is 1.35. The molecule has 1 aromatic rings. The van der Waals surface area contributed by atoms with Gasteiger partial charge in [0.1, 0.15) is 11.9 Å². The molecule has 0 saturated heterocycles. The van der Waals surface area contributed by atoms with E-state index in [-0.39, 0.29) is 12.1 Å². The standard InChI is InChI=1S/C9H10N2O2/c1-5-4-7-6(9(12)13-5)2-3-8(10)11-7/h2-3,5H,4H2,1H3,(H2,10,11)/t5-/m0/s1. The summed E-state index contributed by atoms with van der Waals surface area (Å²) in [6.07, 6.45) is 0.542. The van der Waals surface area contributed by atoms with E-state index in [1.54, 1.807) is 12.1 Å². The Kier molecular flexibility index (Phi) is 1.69. The molecule has 0 spiro atoms. The van der Waals surface area contributed by atoms with Gasteiger partial charge in [-0.25, -0.2) is 9.78 Å². The van der Waals surface area contributed by atoms with Crippen LogP contribution in [0.5, 0.6) is 0 Å². The lowest BCUT2D eigenvalue weighted by Gasteiger charge is -2.20. The molecule has 1 aliphatic heterocycles. The van der Waals surface area contributed by atoms with Crippen LogP contribution in [0.1, 0.15) is 23.0 Å². The van der Waals surface area contributed by atoms with Gasteiger partial charge in [0.2, 0.25) is 0 Å². The molecule has 4 nitrogen and oxygen atoms in total. The third-order valence-corrected chi connectivity index (χ3v) is 2.00. The molecule has 0 bridgehead atoms. The number of hydrogen-bond donors (Lipinski definition) is 1. The molecule has 1 aromatic heterocycles. The monoisotopic (exact) mass is 178 g/mol. The number of nitrogens with zero attached hydrogens (tertiary/aromatic N) is 1. The SMILES string of the molecule is C[C@H]1Cc2nc(N)ccc2C(=O)O1. The fourth-order valence-corrected chi connectivity index (χ4v) is 1.42. The smallest absolute Gasteiger partial charge is 0.340 e. The molecule has 1 atom stereocenters. The van der Waals surface area contributed by atoms with Crippen LogP contribution >= 0.6 is 0 Å². The number of nitrogens with two attached hydrogens (primary N) is 1. The summed E-state index contributed by atoms with van der Waals surface area (Å²) >= 11 is 0. The summed E-state index contributed by atoms with van der Waals surface area (Å²) < 4.78 is 5.03. The summed E-state index contributed by atoms with van der Waals surface area (Å²) in [6.45, 7) is 1.84. The first-order chi connectivity index (χ1) is 6.16. The molecule has 0 radical (unpaired) electrons. The Morgan fingerprint density at radius 3 is 3.15 bits per heavy atom. The van der Waals surface area contributed by atoms with Gasteiger partial charge in [-0.05, 0) is 19.1 Å². The predicted molar refractivity (Wildman–Crippen MR) is 47.2 cm³/mol. The van der Waals surface area contributed by atoms with Gasteiger partial charge in [-0.15, -0.1) is 0 Å². The Balaban J connectivity index is 2.49. The van der Waals surface area contributed by atoms with Gasteiger partial charge in [-0.1, -0.05) is 0 Å². The van der Waals surface area contributed by atoms with Gasteiger partial charge in [0, 0.05) is 6.42 Å². The van der Waals surface area contributed by atoms with Crippen LogP contribution in [0.2, 0.25) is 0 Å². The molecule has 13 heavy (non-hydrogen) atoms. The minimum atomic E-state index is -0.304. The molecule has 0 aromatic carbocycles. The highest BCUT2D eigenvalue weighted by molar-refractivity contribution is 5.91. The molecule has 2 N–H and O–H groups in total. The fourth-order valence-electron chi connectivity index (χ4n) is 1.42. The van der Waals surface area contributed by atoms with Crippen LogP contribution in [-0.2, 0) is 11.2 Å². The van der Waals surface area contributed by atoms with Crippen molar-refractivity contribution in [3.05, 3.63) is 23.4 Å². The topological polar surface area (TPSA) is 65.2 Å². The maximum atomic E-state index is 11.3. The van der Waals surface area contributed by atoms with Crippen molar-refractivity contribution in [1.82, 2.24) is 4.98 Å². The maximum absolute atomic E-state index is 11.3. The molecule has 4 heteroatoms. The van der Waals surface area contributed by atoms with E-state index in [9.17, 15) is 4.79 Å². The Morgan fingerprint density at radius 1 is 1.62 bits per heavy atom. The molecule has 0 saturated carbocycles. The molecule has 0 amide bonds. The van der Waals surface area contributed by atoms with Gasteiger partial charge in [0.15, 0.2) is 0 Å². The summed E-state index contributed by atoms with van der Waals surface area (Å²) in [5.74, 6) is 0.141. The summed E-state index contributed by atoms with van der Waals surface area (Å²) in [4.78, 5) is 15.4. The Labute approximate surface area is 75.7 Å². The van der Waals surface area contributed by atoms with E-state index in [4.69, 9.17) is 10.5 Å². The van der Waals surface area contributed by atoms with Gasteiger partial charge in [0.25, 0.3) is 0 Å². The average molecular weight is 178 g/mol. The second-order valence-corrected chi connectivity index (χ2v) is 3.15. The zero-order valence-corrected chi connectivity index (χ0v) is 7.28. The Hall–Kier alpha value is -1.58. The largest absolute Gasteiger partial charge is 0.459 e. The number of esters is 1. The van der Waals surface area contributed by atoms with Crippen molar-refractivity contribution in [2.75, 3.05) is 5.73 Å². The van der Waals surface area contributed by atoms with Crippen molar-refractivity contribution in [3.63, 3.8) is 0 Å². The highest BCUT2D eigenvalue weighted by Gasteiger charge is 2.24. The predicted octanol–water partition coefficient (Wildman–Crippen LogP) is 0.765. The van der Waals surface area contributed by atoms with Crippen molar-refractivity contribution in [2.24, 2.45) is 0 Å². The molecular weight excluding hydrogens is 168 g/mol. The number of cyclic esters (lactones) is 1. The highest BCUT2D eigenvalue weighted by atomic mass is 16.5. The minimum Gasteiger partial charge on any atom is -0.459 e. The Morgan fingerprint density at radius 2 is 2.38 bits per heavy atom. The molecule has 0 unspecified atom stereocenters. The van der Waals surface area contributed by atoms with Gasteiger partial charge < -0.3 is 10.5 Å². The number of hydrogen-bond acceptors (Lipinski definition) is 4. The van der Waals surface area contributed by atoms with Crippen LogP contribution < -0.4 is 5.73 Å². The van der Waals surface area contributed by atoms with E-state index < -0.39 is 0 Å². The number of nitrogen functional groups attached to an aromatic ring is 1. The summed E-state index contributed by atoms with van der Waals surface area (Å²) in [5.41, 5.74) is 6.78. The zero-order chi connectivity index (χ0) is 9.42. The number of pyridine rings is 1. The van der Waals surface area contributed by atoms with Crippen molar-refractivity contribution >= 4 is 11.8 Å². The maximum Gasteiger partial charge on any atom is 0.340 e. The molecular formula is C9H10N2O2. The lowest BCUT2D eigenvalue weighted by Crippen LogP contribution is -2.26. The number of aromatic nitrogens is 1. The molecule has 1 aliphatic rings. The van der Waals surface area contributed by atoms with Crippen LogP contribution in [0.4, 0.5) is 5.82 Å². The second-order valence-electron chi connectivity index (χ2n) is 3.15. The van der Waals surface area contributed by atoms with Gasteiger partial charge in [-0.2, -0.15) is 0 Å². The summed E-state index contributed by atoms with van der Waals surface area (Å²) in [7, 11) is 0. The number of rotatable bonds is 0. The van der Waals surface area contributed by atoms with Crippen molar-refractivity contribution in [3.8, 4) is 0 Å². The lowest BCUT2D eigenvalue weighted by molar-refractivity contribution is 0.0297. The van der Waals surface area contributed by atoms with E-state index >= 15 is 0 Å². The van der Waals surface area contributed by atoms with E-state index in [1.165, 1.54) is 0 Å². The lowest BCUT2D eigenvalue weighted by atomic mass is 10.1. The normalized spacial score (nSPS) is 20.7. The minimum absolute atomic E-state index is 0.103. The number of ether oxygens (including phenoxy) is 1. The van der Waals surface area contributed by atoms with Crippen LogP contribution in [0, 0.1) is 0 Å². The van der Waals surface area contributed by atoms with Gasteiger partial charge >= 0.3 is 5.97 Å². The number of anilines is 1. The molecule has 0 aliphatic carbocycles. The highest BCUT2D eigenvalue weighted by Crippen LogP contribution is 2.19. The first kappa shape index (κ1) is 8.04. The summed E-state index contributed by atoms with van der Waals surface area (Å²) in [5, 5.41) is 0. The van der Waals surface area contributed by atoms with Gasteiger partial charge in [0.05, 0.1) is 11.3 Å². The van der Waals surface area contributed by atoms with Crippen molar-refractivity contribution in [2.45, 2.75) is 19.4 Å². The van der Waals surface area contributed by atoms with E-state index in [0.29, 0.717) is 17.8 Å². The molecule has 0 fully saturated rings. The average Bonchev–Trinajstić information content (AvgIpc) is 2.02. The van der Waals surface area contributed by atoms with Gasteiger partial charge in [-0.3, -0.25) is 0 Å². The molecule has 2 heterocycles. The molecule has 2 rings (SSSR count). The third-order valence-electron chi connectivity index (χ3n) is 2.00. The first-order valence-electron chi connectivity index (χ1n) is 4.13. The van der Waals surface area contributed by atoms with E-state index in [1.807, 2.05) is 6.92 Å². The van der Waals surface area contributed by atoms with Crippen molar-refractivity contribution in [1.29, 1.82) is 0 Å². The Bertz CT molecular complexity index is 363. The second kappa shape index (κ2) is 2.73. The first-order valence-corrected chi connectivity index (χ1v) is 4.13. The summed E-state index contributed by atoms with van der Waals surface area (Å²) in [6, 6.07) is 3.27. The van der Waals surface area contributed by atoms with Crippen LogP contribution in [-0.4, -0.2) is 17.1 Å². The fraction of sp³-hybridized carbons (Fsp3) is 0.333. The zero-order valence-electron chi connectivity index (χ0n) is 7.28. The quantitative estimate of drug-likeness (QED) is 0.596. The van der Waals surface area contributed by atoms with Crippen LogP contribution in [0.15, 0.2) is 12.1 Å². The number of carbonyl (C=O) groups excluding carboxylic acids is 1. The molecule has 68 valence electrons. The van der Waals surface area contributed by atoms with E-state index in [0.717, 1.165) is 5.69 Å². The van der Waals surface area contributed by atoms with E-state index in [2.05, 4.69) is 4.98 Å². The van der Waals surface area contributed by atoms with Crippen LogP contribution in [0.25, 0.3) is 0 Å². The van der Waals surface area contributed by atoms with Crippen LogP contribution in [0.3, 0.4) is 0 Å². The number of fused-ring (bicyclic) bond motifs is 1.